The number of hydrogen-bond acceptors (Lipinski definition) is 6. The summed E-state index contributed by atoms with van der Waals surface area (Å²) in [4.78, 5) is 19.7. The lowest BCUT2D eigenvalue weighted by Crippen LogP contribution is -2.22. The fourth-order valence-corrected chi connectivity index (χ4v) is 3.73. The zero-order valence-electron chi connectivity index (χ0n) is 19.6. The van der Waals surface area contributed by atoms with Crippen molar-refractivity contribution in [2.45, 2.75) is 32.6 Å². The lowest BCUT2D eigenvalue weighted by molar-refractivity contribution is 0.571. The topological polar surface area (TPSA) is 108 Å². The average molecular weight is 473 g/mol. The molecule has 3 aromatic rings. The molecule has 0 radical (unpaired) electrons. The van der Waals surface area contributed by atoms with Crippen molar-refractivity contribution in [3.05, 3.63) is 57.9 Å². The van der Waals surface area contributed by atoms with Crippen molar-refractivity contribution in [1.82, 2.24) is 20.6 Å². The number of benzene rings is 2. The molecule has 0 fully saturated rings. The highest BCUT2D eigenvalue weighted by atomic mass is 19.1. The van der Waals surface area contributed by atoms with Crippen LogP contribution in [0.3, 0.4) is 0 Å². The van der Waals surface area contributed by atoms with Crippen molar-refractivity contribution >= 4 is 16.6 Å². The van der Waals surface area contributed by atoms with Crippen molar-refractivity contribution in [2.24, 2.45) is 5.73 Å². The summed E-state index contributed by atoms with van der Waals surface area (Å²) in [6.07, 6.45) is 4.04. The predicted molar refractivity (Wildman–Crippen MR) is 134 cm³/mol. The number of nitrogens with one attached hydrogen (secondary N) is 4. The highest BCUT2D eigenvalue weighted by Crippen LogP contribution is 2.24. The highest BCUT2D eigenvalue weighted by molar-refractivity contribution is 5.83. The van der Waals surface area contributed by atoms with E-state index in [0.717, 1.165) is 58.4 Å². The molecule has 1 heterocycles. The maximum Gasteiger partial charge on any atom is 0.259 e. The Kier molecular flexibility index (Phi) is 9.93. The Labute approximate surface area is 198 Å². The van der Waals surface area contributed by atoms with E-state index in [0.29, 0.717) is 34.7 Å². The van der Waals surface area contributed by atoms with E-state index in [4.69, 9.17) is 5.73 Å². The van der Waals surface area contributed by atoms with Gasteiger partial charge in [0.15, 0.2) is 0 Å². The third kappa shape index (κ3) is 7.31. The first-order valence-electron chi connectivity index (χ1n) is 11.8. The number of halogens is 2. The normalized spacial score (nSPS) is 11.3. The molecule has 7 nitrogen and oxygen atoms in total. The third-order valence-corrected chi connectivity index (χ3v) is 5.60. The molecule has 184 valence electrons. The van der Waals surface area contributed by atoms with Gasteiger partial charge in [0.25, 0.3) is 5.56 Å². The number of hydrogen-bond donors (Lipinski definition) is 5. The van der Waals surface area contributed by atoms with Crippen LogP contribution in [0, 0.1) is 18.6 Å². The minimum atomic E-state index is -0.499. The van der Waals surface area contributed by atoms with Crippen LogP contribution < -0.4 is 27.2 Å². The number of anilines is 1. The van der Waals surface area contributed by atoms with E-state index >= 15 is 0 Å². The molecule has 0 aliphatic carbocycles. The summed E-state index contributed by atoms with van der Waals surface area (Å²) in [5.41, 5.74) is 6.98. The minimum absolute atomic E-state index is 0.172. The fraction of sp³-hybridized carbons (Fsp3) is 0.440. The van der Waals surface area contributed by atoms with Crippen molar-refractivity contribution in [2.75, 3.05) is 44.6 Å². The van der Waals surface area contributed by atoms with Crippen LogP contribution in [-0.2, 0) is 0 Å². The van der Waals surface area contributed by atoms with E-state index in [-0.39, 0.29) is 11.2 Å². The number of unbranched alkanes of at least 4 members (excludes halogenated alkanes) is 1. The second-order valence-electron chi connectivity index (χ2n) is 8.35. The van der Waals surface area contributed by atoms with Gasteiger partial charge in [-0.1, -0.05) is 0 Å². The van der Waals surface area contributed by atoms with E-state index < -0.39 is 11.4 Å². The molecule has 0 saturated heterocycles. The van der Waals surface area contributed by atoms with Gasteiger partial charge < -0.3 is 26.7 Å². The number of fused-ring (bicyclic) bond motifs is 1. The molecular formula is C25H34F2N6O. The predicted octanol–water partition coefficient (Wildman–Crippen LogP) is 3.29. The fourth-order valence-electron chi connectivity index (χ4n) is 3.73. The van der Waals surface area contributed by atoms with Crippen LogP contribution in [0.15, 0.2) is 35.1 Å². The van der Waals surface area contributed by atoms with Crippen molar-refractivity contribution in [1.29, 1.82) is 0 Å². The van der Waals surface area contributed by atoms with Crippen LogP contribution in [0.1, 0.15) is 31.2 Å². The molecule has 2 aromatic carbocycles. The van der Waals surface area contributed by atoms with Crippen LogP contribution in [-0.4, -0.2) is 49.2 Å². The number of nitrogens with zero attached hydrogens (tertiary/aromatic N) is 1. The summed E-state index contributed by atoms with van der Waals surface area (Å²) >= 11 is 0. The molecular weight excluding hydrogens is 438 g/mol. The molecule has 0 spiro atoms. The second kappa shape index (κ2) is 13.1. The van der Waals surface area contributed by atoms with Crippen LogP contribution in [0.2, 0.25) is 0 Å². The first kappa shape index (κ1) is 25.7. The number of aromatic nitrogens is 2. The Morgan fingerprint density at radius 2 is 1.65 bits per heavy atom. The SMILES string of the molecule is Cc1cc(F)ccc1-c1nc2cc(NCCCNCCCCNCCCN)c(F)cc2c(=O)[nH]1. The van der Waals surface area contributed by atoms with Gasteiger partial charge in [-0.05, 0) is 101 Å². The quantitative estimate of drug-likeness (QED) is 0.231. The second-order valence-corrected chi connectivity index (χ2v) is 8.35. The van der Waals surface area contributed by atoms with Crippen molar-refractivity contribution in [3.63, 3.8) is 0 Å². The number of aryl methyl sites for hydroxylation is 1. The molecule has 0 aliphatic rings. The molecule has 6 N–H and O–H groups in total. The van der Waals surface area contributed by atoms with Gasteiger partial charge in [0.05, 0.1) is 16.6 Å². The molecule has 0 saturated carbocycles. The average Bonchev–Trinajstić information content (AvgIpc) is 2.80. The summed E-state index contributed by atoms with van der Waals surface area (Å²) in [5.74, 6) is -0.533. The third-order valence-electron chi connectivity index (χ3n) is 5.60. The molecule has 1 aromatic heterocycles. The minimum Gasteiger partial charge on any atom is -0.383 e. The van der Waals surface area contributed by atoms with Gasteiger partial charge in [-0.15, -0.1) is 0 Å². The molecule has 0 amide bonds. The van der Waals surface area contributed by atoms with E-state index in [2.05, 4.69) is 25.9 Å². The Morgan fingerprint density at radius 3 is 2.35 bits per heavy atom. The number of aromatic amines is 1. The smallest absolute Gasteiger partial charge is 0.259 e. The summed E-state index contributed by atoms with van der Waals surface area (Å²) < 4.78 is 28.0. The summed E-state index contributed by atoms with van der Waals surface area (Å²) in [6, 6.07) is 7.02. The van der Waals surface area contributed by atoms with Gasteiger partial charge in [-0.2, -0.15) is 0 Å². The van der Waals surface area contributed by atoms with Gasteiger partial charge in [0.2, 0.25) is 0 Å². The Balaban J connectivity index is 1.52. The van der Waals surface area contributed by atoms with Crippen molar-refractivity contribution < 1.29 is 8.78 Å². The van der Waals surface area contributed by atoms with Gasteiger partial charge in [0, 0.05) is 12.1 Å². The van der Waals surface area contributed by atoms with Gasteiger partial charge in [-0.3, -0.25) is 4.79 Å². The lowest BCUT2D eigenvalue weighted by Gasteiger charge is -2.11. The number of H-pyrrole nitrogens is 1. The summed E-state index contributed by atoms with van der Waals surface area (Å²) in [7, 11) is 0. The highest BCUT2D eigenvalue weighted by Gasteiger charge is 2.12. The first-order valence-corrected chi connectivity index (χ1v) is 11.8. The maximum absolute atomic E-state index is 14.5. The Morgan fingerprint density at radius 1 is 0.941 bits per heavy atom. The molecule has 0 aliphatic heterocycles. The van der Waals surface area contributed by atoms with Gasteiger partial charge in [0.1, 0.15) is 17.5 Å². The Hall–Kier alpha value is -2.88. The first-order chi connectivity index (χ1) is 16.5. The van der Waals surface area contributed by atoms with E-state index in [1.807, 2.05) is 0 Å². The zero-order valence-corrected chi connectivity index (χ0v) is 19.6. The zero-order chi connectivity index (χ0) is 24.3. The van der Waals surface area contributed by atoms with Crippen LogP contribution in [0.4, 0.5) is 14.5 Å². The molecule has 9 heteroatoms. The standard InChI is InChI=1S/C25H34F2N6O/c1-17-14-18(26)6-7-19(17)24-32-22-16-23(21(27)15-20(22)25(34)33-24)31-13-5-12-30-10-3-2-9-29-11-4-8-28/h6-7,14-16,29-31H,2-5,8-13,28H2,1H3,(H,32,33,34). The van der Waals surface area contributed by atoms with E-state index in [1.54, 1.807) is 19.1 Å². The number of rotatable bonds is 14. The summed E-state index contributed by atoms with van der Waals surface area (Å²) in [5, 5.41) is 10.0. The molecule has 0 unspecified atom stereocenters. The van der Waals surface area contributed by atoms with Gasteiger partial charge in [-0.25, -0.2) is 13.8 Å². The molecule has 34 heavy (non-hydrogen) atoms. The monoisotopic (exact) mass is 472 g/mol. The van der Waals surface area contributed by atoms with Crippen LogP contribution in [0.25, 0.3) is 22.3 Å². The van der Waals surface area contributed by atoms with E-state index in [9.17, 15) is 13.6 Å². The van der Waals surface area contributed by atoms with Crippen LogP contribution in [0.5, 0.6) is 0 Å². The van der Waals surface area contributed by atoms with Crippen molar-refractivity contribution in [3.8, 4) is 11.4 Å². The largest absolute Gasteiger partial charge is 0.383 e. The number of nitrogens with two attached hydrogens (primary N) is 1. The van der Waals surface area contributed by atoms with E-state index in [1.165, 1.54) is 18.2 Å². The van der Waals surface area contributed by atoms with Gasteiger partial charge >= 0.3 is 0 Å². The Bertz CT molecular complexity index is 1130. The molecule has 3 rings (SSSR count). The molecule has 0 bridgehead atoms. The lowest BCUT2D eigenvalue weighted by atomic mass is 10.1. The summed E-state index contributed by atoms with van der Waals surface area (Å²) in [6.45, 7) is 6.80. The maximum atomic E-state index is 14.5. The van der Waals surface area contributed by atoms with Crippen LogP contribution >= 0.6 is 0 Å². The molecule has 0 atom stereocenters.